The molecule has 0 amide bonds. The highest BCUT2D eigenvalue weighted by Crippen LogP contribution is 2.28. The Kier molecular flexibility index (Phi) is 5.51. The molecule has 0 radical (unpaired) electrons. The van der Waals surface area contributed by atoms with E-state index in [1.165, 1.54) is 18.9 Å². The number of nitrogens with one attached hydrogen (secondary N) is 1. The van der Waals surface area contributed by atoms with E-state index >= 15 is 0 Å². The topological polar surface area (TPSA) is 46.2 Å². The standard InChI is InChI=1S/C14H19BrClNO2S/c1-10-5-3-2-4-6-13(10)17-20(18,19)14-8-7-11(15)9-12(14)16/h7-10,13,17H,2-6H2,1H3. The van der Waals surface area contributed by atoms with E-state index in [1.54, 1.807) is 12.1 Å². The Hall–Kier alpha value is -0.100. The van der Waals surface area contributed by atoms with E-state index in [9.17, 15) is 8.42 Å². The molecule has 6 heteroatoms. The molecule has 1 aromatic rings. The summed E-state index contributed by atoms with van der Waals surface area (Å²) in [5.74, 6) is 0.362. The van der Waals surface area contributed by atoms with E-state index in [1.807, 2.05) is 0 Å². The molecule has 20 heavy (non-hydrogen) atoms. The summed E-state index contributed by atoms with van der Waals surface area (Å²) in [6.07, 6.45) is 5.40. The number of benzene rings is 1. The van der Waals surface area contributed by atoms with Crippen LogP contribution in [0.5, 0.6) is 0 Å². The highest BCUT2D eigenvalue weighted by atomic mass is 79.9. The van der Waals surface area contributed by atoms with Crippen LogP contribution in [0.3, 0.4) is 0 Å². The zero-order valence-electron chi connectivity index (χ0n) is 11.4. The Labute approximate surface area is 134 Å². The van der Waals surface area contributed by atoms with Crippen LogP contribution in [0.25, 0.3) is 0 Å². The summed E-state index contributed by atoms with van der Waals surface area (Å²) in [7, 11) is -3.56. The van der Waals surface area contributed by atoms with Crippen LogP contribution >= 0.6 is 27.5 Å². The molecule has 2 unspecified atom stereocenters. The lowest BCUT2D eigenvalue weighted by Crippen LogP contribution is -2.38. The molecule has 2 rings (SSSR count). The Morgan fingerprint density at radius 3 is 2.65 bits per heavy atom. The summed E-state index contributed by atoms with van der Waals surface area (Å²) in [6, 6.07) is 4.84. The zero-order chi connectivity index (χ0) is 14.8. The molecular weight excluding hydrogens is 362 g/mol. The van der Waals surface area contributed by atoms with Crippen LogP contribution in [-0.4, -0.2) is 14.5 Å². The van der Waals surface area contributed by atoms with Crippen molar-refractivity contribution in [3.05, 3.63) is 27.7 Å². The number of halogens is 2. The molecule has 1 aromatic carbocycles. The second kappa shape index (κ2) is 6.77. The maximum absolute atomic E-state index is 12.5. The third kappa shape index (κ3) is 3.97. The van der Waals surface area contributed by atoms with Gasteiger partial charge in [0.25, 0.3) is 0 Å². The molecule has 3 nitrogen and oxygen atoms in total. The van der Waals surface area contributed by atoms with Gasteiger partial charge in [-0.15, -0.1) is 0 Å². The summed E-state index contributed by atoms with van der Waals surface area (Å²) < 4.78 is 28.6. The van der Waals surface area contributed by atoms with Crippen molar-refractivity contribution >= 4 is 37.6 Å². The largest absolute Gasteiger partial charge is 0.242 e. The number of hydrogen-bond donors (Lipinski definition) is 1. The smallest absolute Gasteiger partial charge is 0.208 e. The van der Waals surface area contributed by atoms with Gasteiger partial charge in [0.1, 0.15) is 4.90 Å². The van der Waals surface area contributed by atoms with Crippen molar-refractivity contribution in [1.82, 2.24) is 4.72 Å². The van der Waals surface area contributed by atoms with Crippen molar-refractivity contribution in [2.75, 3.05) is 0 Å². The molecule has 112 valence electrons. The SMILES string of the molecule is CC1CCCCCC1NS(=O)(=O)c1ccc(Br)cc1Cl. The van der Waals surface area contributed by atoms with Gasteiger partial charge in [0.2, 0.25) is 10.0 Å². The third-order valence-corrected chi connectivity index (χ3v) is 6.32. The van der Waals surface area contributed by atoms with Crippen LogP contribution in [0, 0.1) is 5.92 Å². The first-order valence-corrected chi connectivity index (χ1v) is 9.53. The van der Waals surface area contributed by atoms with Gasteiger partial charge in [-0.25, -0.2) is 13.1 Å². The quantitative estimate of drug-likeness (QED) is 0.792. The molecule has 0 aliphatic heterocycles. The van der Waals surface area contributed by atoms with E-state index in [0.717, 1.165) is 23.7 Å². The van der Waals surface area contributed by atoms with Crippen LogP contribution in [0.4, 0.5) is 0 Å². The van der Waals surface area contributed by atoms with E-state index in [0.29, 0.717) is 5.92 Å². The maximum Gasteiger partial charge on any atom is 0.242 e. The Morgan fingerprint density at radius 1 is 1.25 bits per heavy atom. The average Bonchev–Trinajstić information content (AvgIpc) is 2.54. The van der Waals surface area contributed by atoms with Gasteiger partial charge in [-0.1, -0.05) is 53.7 Å². The molecule has 1 saturated carbocycles. The Balaban J connectivity index is 2.21. The normalized spacial score (nSPS) is 24.4. The highest BCUT2D eigenvalue weighted by molar-refractivity contribution is 9.10. The van der Waals surface area contributed by atoms with Gasteiger partial charge in [0, 0.05) is 10.5 Å². The van der Waals surface area contributed by atoms with Crippen molar-refractivity contribution in [1.29, 1.82) is 0 Å². The fourth-order valence-electron chi connectivity index (χ4n) is 2.62. The predicted octanol–water partition coefficient (Wildman–Crippen LogP) is 4.35. The predicted molar refractivity (Wildman–Crippen MR) is 85.5 cm³/mol. The monoisotopic (exact) mass is 379 g/mol. The summed E-state index contributed by atoms with van der Waals surface area (Å²) in [6.45, 7) is 2.11. The van der Waals surface area contributed by atoms with Gasteiger partial charge >= 0.3 is 0 Å². The van der Waals surface area contributed by atoms with Crippen molar-refractivity contribution in [3.63, 3.8) is 0 Å². The molecule has 0 aromatic heterocycles. The highest BCUT2D eigenvalue weighted by Gasteiger charge is 2.27. The number of rotatable bonds is 3. The van der Waals surface area contributed by atoms with E-state index < -0.39 is 10.0 Å². The molecule has 0 spiro atoms. The second-order valence-corrected chi connectivity index (χ2v) is 8.42. The fourth-order valence-corrected chi connectivity index (χ4v) is 5.04. The molecule has 1 aliphatic rings. The van der Waals surface area contributed by atoms with Crippen LogP contribution < -0.4 is 4.72 Å². The molecule has 0 bridgehead atoms. The van der Waals surface area contributed by atoms with Crippen LogP contribution in [0.1, 0.15) is 39.0 Å². The van der Waals surface area contributed by atoms with E-state index in [-0.39, 0.29) is 16.0 Å². The lowest BCUT2D eigenvalue weighted by molar-refractivity contribution is 0.399. The number of hydrogen-bond acceptors (Lipinski definition) is 2. The van der Waals surface area contributed by atoms with E-state index in [2.05, 4.69) is 27.6 Å². The molecule has 1 aliphatic carbocycles. The lowest BCUT2D eigenvalue weighted by atomic mass is 9.98. The van der Waals surface area contributed by atoms with Crippen molar-refractivity contribution < 1.29 is 8.42 Å². The van der Waals surface area contributed by atoms with Gasteiger partial charge < -0.3 is 0 Å². The van der Waals surface area contributed by atoms with Crippen molar-refractivity contribution in [3.8, 4) is 0 Å². The van der Waals surface area contributed by atoms with Crippen LogP contribution in [0.15, 0.2) is 27.6 Å². The van der Waals surface area contributed by atoms with Gasteiger partial charge in [0.05, 0.1) is 5.02 Å². The first-order chi connectivity index (χ1) is 9.40. The first kappa shape index (κ1) is 16.3. The van der Waals surface area contributed by atoms with Crippen LogP contribution in [0.2, 0.25) is 5.02 Å². The molecule has 0 heterocycles. The summed E-state index contributed by atoms with van der Waals surface area (Å²) in [5, 5.41) is 0.244. The van der Waals surface area contributed by atoms with Gasteiger partial charge in [-0.3, -0.25) is 0 Å². The summed E-state index contributed by atoms with van der Waals surface area (Å²) in [5.41, 5.74) is 0. The lowest BCUT2D eigenvalue weighted by Gasteiger charge is -2.23. The van der Waals surface area contributed by atoms with Crippen molar-refractivity contribution in [2.45, 2.75) is 50.0 Å². The number of sulfonamides is 1. The van der Waals surface area contributed by atoms with Gasteiger partial charge in [-0.05, 0) is 37.0 Å². The average molecular weight is 381 g/mol. The first-order valence-electron chi connectivity index (χ1n) is 6.87. The minimum absolute atomic E-state index is 0.00205. The summed E-state index contributed by atoms with van der Waals surface area (Å²) >= 11 is 9.33. The third-order valence-electron chi connectivity index (χ3n) is 3.85. The van der Waals surface area contributed by atoms with Gasteiger partial charge in [0.15, 0.2) is 0 Å². The summed E-state index contributed by atoms with van der Waals surface area (Å²) in [4.78, 5) is 0.152. The second-order valence-electron chi connectivity index (χ2n) is 5.42. The minimum atomic E-state index is -3.56. The molecule has 1 fully saturated rings. The minimum Gasteiger partial charge on any atom is -0.208 e. The van der Waals surface area contributed by atoms with Crippen LogP contribution in [-0.2, 0) is 10.0 Å². The Bertz CT molecular complexity index is 577. The molecule has 0 saturated heterocycles. The fraction of sp³-hybridized carbons (Fsp3) is 0.571. The maximum atomic E-state index is 12.5. The Morgan fingerprint density at radius 2 is 1.95 bits per heavy atom. The van der Waals surface area contributed by atoms with Gasteiger partial charge in [-0.2, -0.15) is 0 Å². The molecule has 2 atom stereocenters. The van der Waals surface area contributed by atoms with E-state index in [4.69, 9.17) is 11.6 Å². The molecule has 1 N–H and O–H groups in total. The zero-order valence-corrected chi connectivity index (χ0v) is 14.6. The van der Waals surface area contributed by atoms with Crippen molar-refractivity contribution in [2.24, 2.45) is 5.92 Å². The molecular formula is C14H19BrClNO2S.